The number of hydrogen-bond donors (Lipinski definition) is 3. The first kappa shape index (κ1) is 24.7. The Morgan fingerprint density at radius 3 is 2.47 bits per heavy atom. The highest BCUT2D eigenvalue weighted by Gasteiger charge is 2.15. The molecule has 0 bridgehead atoms. The number of rotatable bonds is 10. The highest BCUT2D eigenvalue weighted by molar-refractivity contribution is 6.12. The number of fused-ring (bicyclic) bond motifs is 1. The summed E-state index contributed by atoms with van der Waals surface area (Å²) < 4.78 is 5.75. The number of benzene rings is 3. The normalized spacial score (nSPS) is 11.4. The van der Waals surface area contributed by atoms with E-state index in [-0.39, 0.29) is 17.2 Å². The van der Waals surface area contributed by atoms with Gasteiger partial charge in [0.05, 0.1) is 17.9 Å². The minimum absolute atomic E-state index is 0.0464. The van der Waals surface area contributed by atoms with Gasteiger partial charge in [0, 0.05) is 40.4 Å². The van der Waals surface area contributed by atoms with E-state index in [1.165, 1.54) is 6.07 Å². The highest BCUT2D eigenvalue weighted by atomic mass is 16.5. The number of aromatic nitrogens is 1. The summed E-state index contributed by atoms with van der Waals surface area (Å²) in [7, 11) is 4.06. The zero-order valence-corrected chi connectivity index (χ0v) is 20.2. The molecule has 0 spiro atoms. The van der Waals surface area contributed by atoms with Gasteiger partial charge in [-0.05, 0) is 63.0 Å². The van der Waals surface area contributed by atoms with E-state index in [1.54, 1.807) is 42.6 Å². The van der Waals surface area contributed by atoms with Gasteiger partial charge in [-0.25, -0.2) is 0 Å². The number of carbonyl (C=O) groups is 2. The lowest BCUT2D eigenvalue weighted by Gasteiger charge is -2.10. The van der Waals surface area contributed by atoms with Crippen LogP contribution in [0.25, 0.3) is 10.9 Å². The van der Waals surface area contributed by atoms with E-state index in [0.717, 1.165) is 24.1 Å². The zero-order chi connectivity index (χ0) is 25.7. The maximum Gasteiger partial charge on any atom is 0.248 e. The number of amides is 1. The molecule has 0 radical (unpaired) electrons. The summed E-state index contributed by atoms with van der Waals surface area (Å²) in [6.45, 7) is 1.61. The van der Waals surface area contributed by atoms with Crippen LogP contribution in [0.4, 0.5) is 5.69 Å². The van der Waals surface area contributed by atoms with Crippen molar-refractivity contribution in [2.75, 3.05) is 27.2 Å². The number of nitrogens with zero attached hydrogens (tertiary/aromatic N) is 2. The van der Waals surface area contributed by atoms with Crippen molar-refractivity contribution in [3.05, 3.63) is 89.0 Å². The summed E-state index contributed by atoms with van der Waals surface area (Å²) in [6.07, 6.45) is 2.53. The fourth-order valence-electron chi connectivity index (χ4n) is 3.80. The lowest BCUT2D eigenvalue weighted by molar-refractivity contribution is 0.1000. The Morgan fingerprint density at radius 2 is 1.75 bits per heavy atom. The summed E-state index contributed by atoms with van der Waals surface area (Å²) in [5, 5.41) is 11.2. The third-order valence-electron chi connectivity index (χ3n) is 5.69. The molecule has 36 heavy (non-hydrogen) atoms. The van der Waals surface area contributed by atoms with Gasteiger partial charge in [0.1, 0.15) is 5.75 Å². The number of aliphatic imine (C=N–C) groups is 1. The molecular formula is C28H28N4O4. The van der Waals surface area contributed by atoms with Crippen molar-refractivity contribution >= 4 is 34.5 Å². The Balaban J connectivity index is 1.49. The van der Waals surface area contributed by atoms with Crippen molar-refractivity contribution in [3.8, 4) is 11.6 Å². The summed E-state index contributed by atoms with van der Waals surface area (Å²) >= 11 is 0. The minimum atomic E-state index is -0.597. The molecule has 4 N–H and O–H groups in total. The van der Waals surface area contributed by atoms with Gasteiger partial charge in [-0.3, -0.25) is 14.6 Å². The van der Waals surface area contributed by atoms with Gasteiger partial charge in [0.2, 0.25) is 5.91 Å². The summed E-state index contributed by atoms with van der Waals surface area (Å²) in [4.78, 5) is 33.9. The molecule has 184 valence electrons. The Kier molecular flexibility index (Phi) is 7.46. The van der Waals surface area contributed by atoms with Gasteiger partial charge in [-0.1, -0.05) is 24.3 Å². The third kappa shape index (κ3) is 5.79. The molecule has 1 amide bonds. The smallest absolute Gasteiger partial charge is 0.248 e. The van der Waals surface area contributed by atoms with Crippen LogP contribution in [0.1, 0.15) is 38.3 Å². The Hall–Kier alpha value is -4.43. The summed E-state index contributed by atoms with van der Waals surface area (Å²) in [5.74, 6) is -0.120. The Bertz CT molecular complexity index is 1420. The number of nitrogens with one attached hydrogen (secondary N) is 1. The molecule has 4 aromatic rings. The molecule has 1 heterocycles. The average Bonchev–Trinajstić information content (AvgIpc) is 3.19. The van der Waals surface area contributed by atoms with Crippen LogP contribution in [-0.4, -0.2) is 60.1 Å². The highest BCUT2D eigenvalue weighted by Crippen LogP contribution is 2.28. The number of H-pyrrole nitrogens is 1. The number of carbonyl (C=O) groups excluding carboxylic acids is 2. The summed E-state index contributed by atoms with van der Waals surface area (Å²) in [6, 6.07) is 18.8. The molecule has 4 rings (SSSR count). The number of ketones is 1. The van der Waals surface area contributed by atoms with Crippen molar-refractivity contribution in [3.63, 3.8) is 0 Å². The predicted octanol–water partition coefficient (Wildman–Crippen LogP) is 4.28. The van der Waals surface area contributed by atoms with E-state index in [1.807, 2.05) is 38.4 Å². The van der Waals surface area contributed by atoms with Crippen LogP contribution in [-0.2, 0) is 0 Å². The lowest BCUT2D eigenvalue weighted by Crippen LogP contribution is -2.15. The molecule has 0 aliphatic carbocycles. The largest absolute Gasteiger partial charge is 0.494 e. The molecule has 1 aromatic heterocycles. The van der Waals surface area contributed by atoms with Gasteiger partial charge in [0.15, 0.2) is 11.7 Å². The second kappa shape index (κ2) is 10.9. The van der Waals surface area contributed by atoms with E-state index in [9.17, 15) is 14.7 Å². The molecule has 0 atom stereocenters. The van der Waals surface area contributed by atoms with Crippen LogP contribution in [0.3, 0.4) is 0 Å². The van der Waals surface area contributed by atoms with Crippen molar-refractivity contribution in [1.29, 1.82) is 0 Å². The summed E-state index contributed by atoms with van der Waals surface area (Å²) in [5.41, 5.74) is 8.18. The van der Waals surface area contributed by atoms with Crippen LogP contribution in [0.2, 0.25) is 0 Å². The molecule has 0 fully saturated rings. The van der Waals surface area contributed by atoms with Crippen molar-refractivity contribution < 1.29 is 19.4 Å². The van der Waals surface area contributed by atoms with Gasteiger partial charge < -0.3 is 25.5 Å². The molecule has 0 aliphatic rings. The number of aromatic hydroxyl groups is 1. The second-order valence-electron chi connectivity index (χ2n) is 8.68. The van der Waals surface area contributed by atoms with E-state index in [0.29, 0.717) is 34.5 Å². The number of hydrogen-bond acceptors (Lipinski definition) is 6. The van der Waals surface area contributed by atoms with Gasteiger partial charge in [0.25, 0.3) is 0 Å². The van der Waals surface area contributed by atoms with E-state index >= 15 is 0 Å². The fourth-order valence-corrected chi connectivity index (χ4v) is 3.80. The van der Waals surface area contributed by atoms with Gasteiger partial charge in [-0.15, -0.1) is 0 Å². The number of ether oxygens (including phenoxy) is 1. The van der Waals surface area contributed by atoms with Gasteiger partial charge in [-0.2, -0.15) is 0 Å². The standard InChI is InChI=1S/C28H28N4O4/c1-32(2)13-4-14-36-22-10-8-21(9-11-22)30-17-24-23-12-7-19(16-25(23)31-28(24)35)26(33)18-5-3-6-20(15-18)27(29)34/h3,5-12,15-17,31,35H,4,13-14H2,1-2H3,(H2,29,34). The molecule has 8 heteroatoms. The number of aromatic amines is 1. The van der Waals surface area contributed by atoms with Crippen molar-refractivity contribution in [2.45, 2.75) is 6.42 Å². The molecule has 0 aliphatic heterocycles. The van der Waals surface area contributed by atoms with Crippen molar-refractivity contribution in [1.82, 2.24) is 9.88 Å². The third-order valence-corrected chi connectivity index (χ3v) is 5.69. The monoisotopic (exact) mass is 484 g/mol. The average molecular weight is 485 g/mol. The van der Waals surface area contributed by atoms with Crippen LogP contribution in [0.15, 0.2) is 71.7 Å². The minimum Gasteiger partial charge on any atom is -0.494 e. The van der Waals surface area contributed by atoms with Gasteiger partial charge >= 0.3 is 0 Å². The SMILES string of the molecule is CN(C)CCCOc1ccc(N=Cc2c(O)[nH]c3cc(C(=O)c4cccc(C(N)=O)c4)ccc23)cc1. The molecule has 0 unspecified atom stereocenters. The van der Waals surface area contributed by atoms with Crippen molar-refractivity contribution in [2.24, 2.45) is 10.7 Å². The topological polar surface area (TPSA) is 121 Å². The van der Waals surface area contributed by atoms with E-state index < -0.39 is 5.91 Å². The van der Waals surface area contributed by atoms with E-state index in [2.05, 4.69) is 14.9 Å². The second-order valence-corrected chi connectivity index (χ2v) is 8.68. The van der Waals surface area contributed by atoms with Crippen LogP contribution < -0.4 is 10.5 Å². The first-order valence-electron chi connectivity index (χ1n) is 11.5. The number of primary amides is 1. The maximum absolute atomic E-state index is 12.9. The molecular weight excluding hydrogens is 456 g/mol. The lowest BCUT2D eigenvalue weighted by atomic mass is 10.00. The fraction of sp³-hybridized carbons (Fsp3) is 0.179. The Labute approximate surface area is 209 Å². The quantitative estimate of drug-likeness (QED) is 0.176. The zero-order valence-electron chi connectivity index (χ0n) is 20.2. The number of nitrogens with two attached hydrogens (primary N) is 1. The molecule has 8 nitrogen and oxygen atoms in total. The maximum atomic E-state index is 12.9. The molecule has 0 saturated heterocycles. The first-order valence-corrected chi connectivity index (χ1v) is 11.5. The predicted molar refractivity (Wildman–Crippen MR) is 141 cm³/mol. The Morgan fingerprint density at radius 1 is 1.03 bits per heavy atom. The van der Waals surface area contributed by atoms with Crippen LogP contribution in [0.5, 0.6) is 11.6 Å². The van der Waals surface area contributed by atoms with Crippen LogP contribution in [0, 0.1) is 0 Å². The van der Waals surface area contributed by atoms with Crippen LogP contribution >= 0.6 is 0 Å². The molecule has 0 saturated carbocycles. The van der Waals surface area contributed by atoms with E-state index in [4.69, 9.17) is 10.5 Å². The first-order chi connectivity index (χ1) is 17.3. The molecule has 3 aromatic carbocycles.